The standard InChI is InChI=1S/C36H22O.C30H18O.C29H17NO/c1-2-11-23(12-3-1)24-14-10-15-26(21-24)35-33-31-20-9-8-18-29(31)28-17-6-7-19-30(28)32-22-25-13-4-5-16-27(25)36(37-35)34(32)33;1-2-10-19(11-3-1)29-27-25-17-9-8-15-23(25)22-14-6-7-16-24(22)26-18-20-12-4-5-13-21(20)30(31-29)28(26)27;1-2-10-19-18(9-1)17-24-22-13-4-3-11-20(22)21-12-5-6-14-23(21)26-27(24)28(19)31-29(26)25-15-7-8-16-30-25/h1-22H;1-18H;1-17H. The van der Waals surface area contributed by atoms with Crippen LogP contribution in [0.4, 0.5) is 0 Å². The van der Waals surface area contributed by atoms with Crippen LogP contribution in [-0.4, -0.2) is 4.98 Å². The Hall–Kier alpha value is -13.2. The van der Waals surface area contributed by atoms with Crippen molar-refractivity contribution in [3.8, 4) is 145 Å². The van der Waals surface area contributed by atoms with Crippen LogP contribution < -0.4 is 0 Å². The molecule has 99 heavy (non-hydrogen) atoms. The second-order valence-electron chi connectivity index (χ2n) is 25.8. The van der Waals surface area contributed by atoms with Gasteiger partial charge >= 0.3 is 0 Å². The van der Waals surface area contributed by atoms with Crippen LogP contribution in [0, 0.1) is 0 Å². The first-order valence-electron chi connectivity index (χ1n) is 33.8. The molecule has 4 heteroatoms. The molecule has 0 amide bonds. The van der Waals surface area contributed by atoms with Gasteiger partial charge in [-0.3, -0.25) is 4.98 Å². The van der Waals surface area contributed by atoms with Gasteiger partial charge in [-0.2, -0.15) is 0 Å². The van der Waals surface area contributed by atoms with E-state index in [2.05, 4.69) is 327 Å². The van der Waals surface area contributed by atoms with Crippen molar-refractivity contribution in [1.82, 2.24) is 4.98 Å². The summed E-state index contributed by atoms with van der Waals surface area (Å²) in [7, 11) is 0. The van der Waals surface area contributed by atoms with Crippen molar-refractivity contribution in [1.29, 1.82) is 0 Å². The Morgan fingerprint density at radius 3 is 0.889 bits per heavy atom. The van der Waals surface area contributed by atoms with Crippen LogP contribution in [0.1, 0.15) is 0 Å². The second-order valence-corrected chi connectivity index (χ2v) is 25.8. The minimum Gasteiger partial charge on any atom is -0.455 e. The third kappa shape index (κ3) is 8.90. The topological polar surface area (TPSA) is 52.3 Å². The van der Waals surface area contributed by atoms with Crippen molar-refractivity contribution >= 4 is 65.2 Å². The lowest BCUT2D eigenvalue weighted by Crippen LogP contribution is -1.86. The normalized spacial score (nSPS) is 11.8. The van der Waals surface area contributed by atoms with Crippen molar-refractivity contribution in [2.75, 3.05) is 0 Å². The molecule has 460 valence electrons. The lowest BCUT2D eigenvalue weighted by atomic mass is 9.92. The Morgan fingerprint density at radius 2 is 0.485 bits per heavy atom. The molecule has 0 atom stereocenters. The van der Waals surface area contributed by atoms with Gasteiger partial charge in [0, 0.05) is 66.3 Å². The summed E-state index contributed by atoms with van der Waals surface area (Å²) in [6, 6.07) is 121. The predicted octanol–water partition coefficient (Wildman–Crippen LogP) is 26.8. The number of furan rings is 3. The van der Waals surface area contributed by atoms with Gasteiger partial charge in [0.05, 0.1) is 0 Å². The average molecular weight is 1260 g/mol. The zero-order valence-electron chi connectivity index (χ0n) is 53.6. The Bertz CT molecular complexity index is 6220. The second kappa shape index (κ2) is 22.8. The molecule has 4 aromatic heterocycles. The van der Waals surface area contributed by atoms with Crippen LogP contribution >= 0.6 is 0 Å². The number of aromatic nitrogens is 1. The third-order valence-corrected chi connectivity index (χ3v) is 20.3. The molecule has 4 heterocycles. The number of fused-ring (bicyclic) bond motifs is 21. The van der Waals surface area contributed by atoms with E-state index in [1.807, 2.05) is 24.4 Å². The maximum atomic E-state index is 6.93. The highest BCUT2D eigenvalue weighted by molar-refractivity contribution is 6.26. The van der Waals surface area contributed by atoms with Gasteiger partial charge < -0.3 is 13.3 Å². The summed E-state index contributed by atoms with van der Waals surface area (Å²) in [4.78, 5) is 4.65. The zero-order chi connectivity index (χ0) is 65.1. The fraction of sp³-hybridized carbons (Fsp3) is 0. The van der Waals surface area contributed by atoms with E-state index in [0.29, 0.717) is 0 Å². The van der Waals surface area contributed by atoms with Crippen molar-refractivity contribution < 1.29 is 13.3 Å². The van der Waals surface area contributed by atoms with E-state index in [0.717, 1.165) is 78.0 Å². The first-order chi connectivity index (χ1) is 49.2. The van der Waals surface area contributed by atoms with Gasteiger partial charge in [-0.1, -0.05) is 303 Å². The van der Waals surface area contributed by atoms with Crippen molar-refractivity contribution in [3.63, 3.8) is 0 Å². The summed E-state index contributed by atoms with van der Waals surface area (Å²) >= 11 is 0. The molecular formula is C95H57NO3. The molecule has 0 radical (unpaired) electrons. The highest BCUT2D eigenvalue weighted by Gasteiger charge is 2.33. The smallest absolute Gasteiger partial charge is 0.161 e. The molecule has 0 fully saturated rings. The minimum absolute atomic E-state index is 0.827. The molecule has 22 rings (SSSR count). The molecule has 4 nitrogen and oxygen atoms in total. The summed E-state index contributed by atoms with van der Waals surface area (Å²) in [6.07, 6.45) is 1.83. The lowest BCUT2D eigenvalue weighted by Gasteiger charge is -2.12. The van der Waals surface area contributed by atoms with Crippen molar-refractivity contribution in [3.05, 3.63) is 346 Å². The van der Waals surface area contributed by atoms with Gasteiger partial charge in [0.15, 0.2) is 5.76 Å². The van der Waals surface area contributed by atoms with Crippen LogP contribution in [0.2, 0.25) is 0 Å². The van der Waals surface area contributed by atoms with Crippen molar-refractivity contribution in [2.45, 2.75) is 0 Å². The zero-order valence-corrected chi connectivity index (χ0v) is 53.6. The molecule has 15 aromatic carbocycles. The van der Waals surface area contributed by atoms with Gasteiger partial charge in [-0.05, 0) is 147 Å². The molecule has 3 aliphatic carbocycles. The van der Waals surface area contributed by atoms with Crippen LogP contribution in [0.3, 0.4) is 0 Å². The highest BCUT2D eigenvalue weighted by Crippen LogP contribution is 2.58. The summed E-state index contributed by atoms with van der Waals surface area (Å²) < 4.78 is 20.3. The summed E-state index contributed by atoms with van der Waals surface area (Å²) in [5, 5.41) is 10.6. The predicted molar refractivity (Wildman–Crippen MR) is 410 cm³/mol. The van der Waals surface area contributed by atoms with E-state index in [4.69, 9.17) is 13.3 Å². The number of pyridine rings is 1. The van der Waals surface area contributed by atoms with Gasteiger partial charge in [0.2, 0.25) is 0 Å². The maximum Gasteiger partial charge on any atom is 0.161 e. The highest BCUT2D eigenvalue weighted by atomic mass is 16.3. The summed E-state index contributed by atoms with van der Waals surface area (Å²) in [5.41, 5.74) is 30.3. The van der Waals surface area contributed by atoms with E-state index >= 15 is 0 Å². The van der Waals surface area contributed by atoms with Crippen LogP contribution in [0.5, 0.6) is 0 Å². The van der Waals surface area contributed by atoms with Crippen molar-refractivity contribution in [2.24, 2.45) is 0 Å². The number of hydrogen-bond donors (Lipinski definition) is 0. The van der Waals surface area contributed by atoms with E-state index in [1.165, 1.54) is 133 Å². The van der Waals surface area contributed by atoms with Gasteiger partial charge in [-0.25, -0.2) is 0 Å². The number of rotatable bonds is 4. The fourth-order valence-corrected chi connectivity index (χ4v) is 16.0. The molecular weight excluding hydrogens is 1200 g/mol. The van der Waals surface area contributed by atoms with Crippen LogP contribution in [-0.2, 0) is 0 Å². The number of hydrogen-bond acceptors (Lipinski definition) is 4. The number of nitrogens with zero attached hydrogens (tertiary/aromatic N) is 1. The van der Waals surface area contributed by atoms with E-state index < -0.39 is 0 Å². The van der Waals surface area contributed by atoms with E-state index in [1.54, 1.807) is 0 Å². The molecule has 0 saturated carbocycles. The van der Waals surface area contributed by atoms with Gasteiger partial charge in [0.25, 0.3) is 0 Å². The molecule has 0 N–H and O–H groups in total. The maximum absolute atomic E-state index is 6.93. The largest absolute Gasteiger partial charge is 0.455 e. The fourth-order valence-electron chi connectivity index (χ4n) is 16.0. The molecule has 0 unspecified atom stereocenters. The first-order valence-corrected chi connectivity index (χ1v) is 33.8. The minimum atomic E-state index is 0.827. The molecule has 0 spiro atoms. The average Bonchev–Trinajstić information content (AvgIpc) is 1.58. The van der Waals surface area contributed by atoms with Crippen LogP contribution in [0.25, 0.3) is 211 Å². The SMILES string of the molecule is c1ccc(-c2cccc(-c3oc4c5c(cc6ccccc64)-c4ccccc4-c4ccccc4-c35)c2)cc1.c1ccc(-c2oc3c4c(cc5ccccc53)-c3ccccc3-c3ccccc3-c24)cc1.c1ccc(-c2oc3c4c(cc5ccccc53)-c3ccccc3-c3ccccc3-c24)nc1. The summed E-state index contributed by atoms with van der Waals surface area (Å²) in [5.74, 6) is 2.69. The third-order valence-electron chi connectivity index (χ3n) is 20.3. The van der Waals surface area contributed by atoms with Gasteiger partial charge in [-0.15, -0.1) is 0 Å². The van der Waals surface area contributed by atoms with E-state index in [-0.39, 0.29) is 0 Å². The number of benzene rings is 15. The Balaban J connectivity index is 0.000000101. The molecule has 0 aliphatic heterocycles. The van der Waals surface area contributed by atoms with Crippen LogP contribution in [0.15, 0.2) is 359 Å². The molecule has 0 bridgehead atoms. The monoisotopic (exact) mass is 1260 g/mol. The Morgan fingerprint density at radius 1 is 0.192 bits per heavy atom. The molecule has 19 aromatic rings. The quantitative estimate of drug-likeness (QED) is 0.176. The lowest BCUT2D eigenvalue weighted by molar-refractivity contribution is 0.633. The van der Waals surface area contributed by atoms with Gasteiger partial charge in [0.1, 0.15) is 34.0 Å². The molecule has 0 saturated heterocycles. The Labute approximate surface area is 571 Å². The summed E-state index contributed by atoms with van der Waals surface area (Å²) in [6.45, 7) is 0. The Kier molecular flexibility index (Phi) is 12.9. The molecule has 3 aliphatic rings. The van der Waals surface area contributed by atoms with E-state index in [9.17, 15) is 0 Å². The first kappa shape index (κ1) is 56.2.